The standard InChI is InChI=1S/C21H22N4/c22-17-6-4-5-15(13-17)9-10-16-14-24-21-19(11-12-23-21)20(16)25-18-7-2-1-3-8-18/h4-6,11-14,18H,1-3,7-8,22H2,(H2,23,24,25). The van der Waals surface area contributed by atoms with E-state index in [0.29, 0.717) is 6.04 Å². The predicted molar refractivity (Wildman–Crippen MR) is 103 cm³/mol. The van der Waals surface area contributed by atoms with E-state index in [-0.39, 0.29) is 0 Å². The first kappa shape index (κ1) is 15.6. The molecule has 0 radical (unpaired) electrons. The molecule has 3 aromatic rings. The van der Waals surface area contributed by atoms with Crippen LogP contribution in [-0.2, 0) is 0 Å². The summed E-state index contributed by atoms with van der Waals surface area (Å²) in [6.45, 7) is 0. The number of nitrogens with one attached hydrogen (secondary N) is 2. The third kappa shape index (κ3) is 3.46. The molecule has 0 unspecified atom stereocenters. The lowest BCUT2D eigenvalue weighted by molar-refractivity contribution is 0.463. The second kappa shape index (κ2) is 6.90. The minimum Gasteiger partial charge on any atom is -0.399 e. The lowest BCUT2D eigenvalue weighted by atomic mass is 9.95. The zero-order chi connectivity index (χ0) is 17.1. The van der Waals surface area contributed by atoms with Gasteiger partial charge < -0.3 is 16.0 Å². The van der Waals surface area contributed by atoms with Crippen molar-refractivity contribution in [2.45, 2.75) is 38.1 Å². The van der Waals surface area contributed by atoms with Crippen molar-refractivity contribution in [1.82, 2.24) is 9.97 Å². The van der Waals surface area contributed by atoms with Crippen LogP contribution in [0.3, 0.4) is 0 Å². The molecule has 0 aliphatic heterocycles. The van der Waals surface area contributed by atoms with Crippen LogP contribution < -0.4 is 11.1 Å². The maximum atomic E-state index is 5.85. The number of H-pyrrole nitrogens is 1. The number of rotatable bonds is 2. The first-order valence-corrected chi connectivity index (χ1v) is 8.90. The van der Waals surface area contributed by atoms with Crippen LogP contribution in [0.25, 0.3) is 11.0 Å². The molecule has 0 saturated heterocycles. The fraction of sp³-hybridized carbons (Fsp3) is 0.286. The van der Waals surface area contributed by atoms with E-state index >= 15 is 0 Å². The summed E-state index contributed by atoms with van der Waals surface area (Å²) in [4.78, 5) is 7.69. The fourth-order valence-corrected chi connectivity index (χ4v) is 3.47. The molecule has 4 nitrogen and oxygen atoms in total. The molecule has 1 saturated carbocycles. The number of nitrogens with two attached hydrogens (primary N) is 1. The van der Waals surface area contributed by atoms with Gasteiger partial charge in [0.05, 0.1) is 11.3 Å². The van der Waals surface area contributed by atoms with Crippen LogP contribution in [0.5, 0.6) is 0 Å². The molecule has 2 aromatic heterocycles. The van der Waals surface area contributed by atoms with Gasteiger partial charge in [-0.05, 0) is 37.1 Å². The van der Waals surface area contributed by atoms with Gasteiger partial charge in [-0.1, -0.05) is 37.2 Å². The zero-order valence-corrected chi connectivity index (χ0v) is 14.2. The topological polar surface area (TPSA) is 66.7 Å². The van der Waals surface area contributed by atoms with E-state index in [4.69, 9.17) is 5.73 Å². The van der Waals surface area contributed by atoms with E-state index in [1.165, 1.54) is 32.1 Å². The summed E-state index contributed by atoms with van der Waals surface area (Å²) >= 11 is 0. The highest BCUT2D eigenvalue weighted by molar-refractivity contribution is 5.92. The Morgan fingerprint density at radius 3 is 2.84 bits per heavy atom. The molecular formula is C21H22N4. The van der Waals surface area contributed by atoms with Gasteiger partial charge in [0.1, 0.15) is 5.65 Å². The third-order valence-corrected chi connectivity index (χ3v) is 4.77. The number of hydrogen-bond donors (Lipinski definition) is 3. The number of anilines is 2. The van der Waals surface area contributed by atoms with E-state index in [2.05, 4.69) is 33.2 Å². The number of benzene rings is 1. The molecule has 0 spiro atoms. The normalized spacial score (nSPS) is 14.9. The van der Waals surface area contributed by atoms with Gasteiger partial charge in [0.25, 0.3) is 0 Å². The molecule has 1 aliphatic carbocycles. The molecule has 1 fully saturated rings. The van der Waals surface area contributed by atoms with Crippen LogP contribution >= 0.6 is 0 Å². The fourth-order valence-electron chi connectivity index (χ4n) is 3.47. The van der Waals surface area contributed by atoms with Crippen molar-refractivity contribution >= 4 is 22.4 Å². The second-order valence-electron chi connectivity index (χ2n) is 6.64. The molecule has 0 atom stereocenters. The van der Waals surface area contributed by atoms with Crippen molar-refractivity contribution in [2.24, 2.45) is 0 Å². The van der Waals surface area contributed by atoms with Gasteiger partial charge in [0, 0.05) is 35.1 Å². The summed E-state index contributed by atoms with van der Waals surface area (Å²) in [6.07, 6.45) is 10.2. The molecule has 0 amide bonds. The average molecular weight is 330 g/mol. The molecule has 4 N–H and O–H groups in total. The van der Waals surface area contributed by atoms with E-state index in [0.717, 1.165) is 33.5 Å². The third-order valence-electron chi connectivity index (χ3n) is 4.77. The van der Waals surface area contributed by atoms with Crippen LogP contribution in [0.15, 0.2) is 42.7 Å². The largest absolute Gasteiger partial charge is 0.399 e. The van der Waals surface area contributed by atoms with Crippen molar-refractivity contribution in [3.8, 4) is 11.8 Å². The van der Waals surface area contributed by atoms with Crippen LogP contribution in [0.2, 0.25) is 0 Å². The Bertz CT molecular complexity index is 939. The van der Waals surface area contributed by atoms with Gasteiger partial charge in [-0.2, -0.15) is 0 Å². The minimum atomic E-state index is 0.516. The molecule has 2 heterocycles. The Hall–Kier alpha value is -2.93. The number of aromatic nitrogens is 2. The van der Waals surface area contributed by atoms with Crippen molar-refractivity contribution < 1.29 is 0 Å². The molecule has 1 aromatic carbocycles. The van der Waals surface area contributed by atoms with Crippen LogP contribution in [0, 0.1) is 11.8 Å². The summed E-state index contributed by atoms with van der Waals surface area (Å²) in [7, 11) is 0. The molecule has 4 heteroatoms. The van der Waals surface area contributed by atoms with Crippen LogP contribution in [0.4, 0.5) is 11.4 Å². The Balaban J connectivity index is 1.71. The van der Waals surface area contributed by atoms with Crippen LogP contribution in [0.1, 0.15) is 43.2 Å². The Morgan fingerprint density at radius 1 is 1.12 bits per heavy atom. The maximum absolute atomic E-state index is 5.85. The SMILES string of the molecule is Nc1cccc(C#Cc2cnc3[nH]ccc3c2NC2CCCCC2)c1. The number of fused-ring (bicyclic) bond motifs is 1. The highest BCUT2D eigenvalue weighted by Gasteiger charge is 2.16. The molecule has 25 heavy (non-hydrogen) atoms. The number of pyridine rings is 1. The Kier molecular flexibility index (Phi) is 4.30. The quantitative estimate of drug-likeness (QED) is 0.485. The van der Waals surface area contributed by atoms with E-state index in [1.54, 1.807) is 0 Å². The summed E-state index contributed by atoms with van der Waals surface area (Å²) in [5.74, 6) is 6.50. The van der Waals surface area contributed by atoms with Crippen molar-refractivity contribution in [1.29, 1.82) is 0 Å². The summed E-state index contributed by atoms with van der Waals surface area (Å²) in [6, 6.07) is 10.2. The smallest absolute Gasteiger partial charge is 0.139 e. The maximum Gasteiger partial charge on any atom is 0.139 e. The monoisotopic (exact) mass is 330 g/mol. The molecule has 0 bridgehead atoms. The van der Waals surface area contributed by atoms with Crippen molar-refractivity contribution in [3.63, 3.8) is 0 Å². The van der Waals surface area contributed by atoms with E-state index in [9.17, 15) is 0 Å². The Morgan fingerprint density at radius 2 is 2.00 bits per heavy atom. The van der Waals surface area contributed by atoms with E-state index < -0.39 is 0 Å². The summed E-state index contributed by atoms with van der Waals surface area (Å²) < 4.78 is 0. The minimum absolute atomic E-state index is 0.516. The second-order valence-corrected chi connectivity index (χ2v) is 6.64. The molecule has 126 valence electrons. The average Bonchev–Trinajstić information content (AvgIpc) is 3.11. The number of nitrogens with zero attached hydrogens (tertiary/aromatic N) is 1. The van der Waals surface area contributed by atoms with Gasteiger partial charge in [-0.3, -0.25) is 0 Å². The van der Waals surface area contributed by atoms with Crippen molar-refractivity contribution in [2.75, 3.05) is 11.1 Å². The highest BCUT2D eigenvalue weighted by atomic mass is 14.9. The van der Waals surface area contributed by atoms with Crippen molar-refractivity contribution in [3.05, 3.63) is 53.9 Å². The zero-order valence-electron chi connectivity index (χ0n) is 14.2. The van der Waals surface area contributed by atoms with Gasteiger partial charge in [-0.25, -0.2) is 4.98 Å². The number of hydrogen-bond acceptors (Lipinski definition) is 3. The molecule has 4 rings (SSSR count). The number of nitrogen functional groups attached to an aromatic ring is 1. The lowest BCUT2D eigenvalue weighted by Gasteiger charge is -2.24. The van der Waals surface area contributed by atoms with Gasteiger partial charge in [-0.15, -0.1) is 0 Å². The highest BCUT2D eigenvalue weighted by Crippen LogP contribution is 2.29. The first-order valence-electron chi connectivity index (χ1n) is 8.90. The first-order chi connectivity index (χ1) is 12.3. The van der Waals surface area contributed by atoms with Gasteiger partial charge >= 0.3 is 0 Å². The summed E-state index contributed by atoms with van der Waals surface area (Å²) in [5.41, 5.74) is 10.4. The number of aromatic amines is 1. The molecular weight excluding hydrogens is 308 g/mol. The van der Waals surface area contributed by atoms with Gasteiger partial charge in [0.15, 0.2) is 0 Å². The predicted octanol–water partition coefficient (Wildman–Crippen LogP) is 4.29. The molecule has 1 aliphatic rings. The van der Waals surface area contributed by atoms with Gasteiger partial charge in [0.2, 0.25) is 0 Å². The van der Waals surface area contributed by atoms with E-state index in [1.807, 2.05) is 36.7 Å². The lowest BCUT2D eigenvalue weighted by Crippen LogP contribution is -2.22. The van der Waals surface area contributed by atoms with Crippen LogP contribution in [-0.4, -0.2) is 16.0 Å². The summed E-state index contributed by atoms with van der Waals surface area (Å²) in [5, 5.41) is 4.84. The Labute approximate surface area is 147 Å².